The second-order valence-corrected chi connectivity index (χ2v) is 6.18. The van der Waals surface area contributed by atoms with Gasteiger partial charge >= 0.3 is 12.4 Å². The summed E-state index contributed by atoms with van der Waals surface area (Å²) in [5, 5.41) is 4.63. The van der Waals surface area contributed by atoms with Crippen molar-refractivity contribution in [2.45, 2.75) is 24.7 Å². The number of alkyl halides is 6. The molecule has 1 atom stereocenters. The fraction of sp³-hybridized carbons (Fsp3) is 0.222. The second-order valence-electron chi connectivity index (χ2n) is 6.18. The van der Waals surface area contributed by atoms with E-state index in [4.69, 9.17) is 0 Å². The third-order valence-electron chi connectivity index (χ3n) is 4.17. The summed E-state index contributed by atoms with van der Waals surface area (Å²) in [5.41, 5.74) is -2.96. The number of carbonyl (C=O) groups excluding carboxylic acids is 2. The van der Waals surface area contributed by atoms with Crippen LogP contribution < -0.4 is 10.6 Å². The predicted octanol–water partition coefficient (Wildman–Crippen LogP) is 4.79. The molecule has 2 aromatic rings. The second kappa shape index (κ2) is 6.84. The van der Waals surface area contributed by atoms with E-state index in [1.807, 2.05) is 0 Å². The van der Waals surface area contributed by atoms with Crippen LogP contribution in [0, 0.1) is 0 Å². The molecule has 148 valence electrons. The number of carbonyl (C=O) groups is 2. The first-order valence-corrected chi connectivity index (χ1v) is 7.94. The Kier molecular flexibility index (Phi) is 4.82. The maximum Gasteiger partial charge on any atom is 0.416 e. The van der Waals surface area contributed by atoms with Crippen LogP contribution in [0.2, 0.25) is 0 Å². The number of hydrogen-bond acceptors (Lipinski definition) is 2. The van der Waals surface area contributed by atoms with Crippen molar-refractivity contribution >= 4 is 23.2 Å². The molecule has 3 rings (SSSR count). The van der Waals surface area contributed by atoms with E-state index in [0.29, 0.717) is 23.4 Å². The molecular weight excluding hydrogens is 390 g/mol. The molecule has 28 heavy (non-hydrogen) atoms. The van der Waals surface area contributed by atoms with Crippen LogP contribution in [0.5, 0.6) is 0 Å². The molecule has 0 saturated carbocycles. The highest BCUT2D eigenvalue weighted by Gasteiger charge is 2.37. The predicted molar refractivity (Wildman–Crippen MR) is 87.5 cm³/mol. The summed E-state index contributed by atoms with van der Waals surface area (Å²) < 4.78 is 77.7. The molecule has 0 radical (unpaired) electrons. The molecule has 1 heterocycles. The Morgan fingerprint density at radius 2 is 1.54 bits per heavy atom. The van der Waals surface area contributed by atoms with E-state index in [1.165, 1.54) is 0 Å². The number of benzene rings is 2. The van der Waals surface area contributed by atoms with Gasteiger partial charge in [0, 0.05) is 17.8 Å². The lowest BCUT2D eigenvalue weighted by Crippen LogP contribution is -2.30. The van der Waals surface area contributed by atoms with Gasteiger partial charge in [-0.25, -0.2) is 0 Å². The van der Waals surface area contributed by atoms with Crippen LogP contribution in [0.3, 0.4) is 0 Å². The topological polar surface area (TPSA) is 58.2 Å². The normalized spacial score (nSPS) is 16.9. The van der Waals surface area contributed by atoms with Gasteiger partial charge < -0.3 is 10.6 Å². The van der Waals surface area contributed by atoms with Crippen molar-refractivity contribution < 1.29 is 35.9 Å². The molecular formula is C18H12F6N2O2. The van der Waals surface area contributed by atoms with Gasteiger partial charge in [-0.2, -0.15) is 26.3 Å². The fourth-order valence-electron chi connectivity index (χ4n) is 2.90. The van der Waals surface area contributed by atoms with E-state index in [9.17, 15) is 35.9 Å². The SMILES string of the molecule is O=C1C[C@@H](C(=O)Nc2cc(C(F)(F)F)cc(C(F)(F)F)c2)c2ccccc2N1. The van der Waals surface area contributed by atoms with Crippen LogP contribution in [-0.2, 0) is 21.9 Å². The van der Waals surface area contributed by atoms with E-state index in [0.717, 1.165) is 0 Å². The number of nitrogens with one attached hydrogen (secondary N) is 2. The summed E-state index contributed by atoms with van der Waals surface area (Å²) >= 11 is 0. The molecule has 2 amide bonds. The van der Waals surface area contributed by atoms with Crippen LogP contribution in [0.1, 0.15) is 29.0 Å². The van der Waals surface area contributed by atoms with Crippen LogP contribution in [-0.4, -0.2) is 11.8 Å². The van der Waals surface area contributed by atoms with Crippen molar-refractivity contribution in [2.75, 3.05) is 10.6 Å². The zero-order chi connectivity index (χ0) is 20.7. The van der Waals surface area contributed by atoms with E-state index in [1.54, 1.807) is 24.3 Å². The zero-order valence-corrected chi connectivity index (χ0v) is 13.9. The molecule has 0 aromatic heterocycles. The van der Waals surface area contributed by atoms with E-state index < -0.39 is 46.9 Å². The smallest absolute Gasteiger partial charge is 0.326 e. The highest BCUT2D eigenvalue weighted by molar-refractivity contribution is 6.05. The first-order chi connectivity index (χ1) is 12.9. The Labute approximate surface area is 154 Å². The fourth-order valence-corrected chi connectivity index (χ4v) is 2.90. The molecule has 2 aromatic carbocycles. The van der Waals surface area contributed by atoms with Crippen LogP contribution >= 0.6 is 0 Å². The molecule has 0 aliphatic carbocycles. The molecule has 0 fully saturated rings. The molecule has 0 bridgehead atoms. The van der Waals surface area contributed by atoms with Gasteiger partial charge in [-0.15, -0.1) is 0 Å². The number of para-hydroxylation sites is 1. The van der Waals surface area contributed by atoms with Gasteiger partial charge in [0.2, 0.25) is 11.8 Å². The van der Waals surface area contributed by atoms with Gasteiger partial charge in [0.1, 0.15) is 0 Å². The van der Waals surface area contributed by atoms with Crippen LogP contribution in [0.4, 0.5) is 37.7 Å². The minimum absolute atomic E-state index is 0.0288. The summed E-state index contributed by atoms with van der Waals surface area (Å²) in [7, 11) is 0. The van der Waals surface area contributed by atoms with Crippen molar-refractivity contribution in [3.63, 3.8) is 0 Å². The number of anilines is 2. The molecule has 4 nitrogen and oxygen atoms in total. The van der Waals surface area contributed by atoms with Gasteiger partial charge in [-0.05, 0) is 29.8 Å². The van der Waals surface area contributed by atoms with Gasteiger partial charge in [0.25, 0.3) is 0 Å². The van der Waals surface area contributed by atoms with Crippen LogP contribution in [0.25, 0.3) is 0 Å². The van der Waals surface area contributed by atoms with Crippen molar-refractivity contribution in [2.24, 2.45) is 0 Å². The Bertz CT molecular complexity index is 904. The largest absolute Gasteiger partial charge is 0.416 e. The average molecular weight is 402 g/mol. The summed E-state index contributed by atoms with van der Waals surface area (Å²) in [6.07, 6.45) is -10.3. The Morgan fingerprint density at radius 1 is 0.964 bits per heavy atom. The maximum absolute atomic E-state index is 12.9. The van der Waals surface area contributed by atoms with Gasteiger partial charge in [0.15, 0.2) is 0 Å². The molecule has 0 unspecified atom stereocenters. The maximum atomic E-state index is 12.9. The van der Waals surface area contributed by atoms with Crippen molar-refractivity contribution in [1.82, 2.24) is 0 Å². The number of fused-ring (bicyclic) bond motifs is 1. The lowest BCUT2D eigenvalue weighted by molar-refractivity contribution is -0.143. The molecule has 1 aliphatic rings. The number of halogens is 6. The summed E-state index contributed by atoms with van der Waals surface area (Å²) in [4.78, 5) is 24.3. The Balaban J connectivity index is 1.95. The highest BCUT2D eigenvalue weighted by atomic mass is 19.4. The lowest BCUT2D eigenvalue weighted by atomic mass is 9.89. The van der Waals surface area contributed by atoms with E-state index in [2.05, 4.69) is 10.6 Å². The molecule has 1 aliphatic heterocycles. The first kappa shape index (κ1) is 19.7. The molecule has 10 heteroatoms. The minimum Gasteiger partial charge on any atom is -0.326 e. The van der Waals surface area contributed by atoms with Gasteiger partial charge in [0.05, 0.1) is 17.0 Å². The summed E-state index contributed by atoms with van der Waals surface area (Å²) in [6, 6.07) is 7.11. The summed E-state index contributed by atoms with van der Waals surface area (Å²) in [5.74, 6) is -2.41. The van der Waals surface area contributed by atoms with E-state index >= 15 is 0 Å². The molecule has 0 spiro atoms. The van der Waals surface area contributed by atoms with Crippen molar-refractivity contribution in [1.29, 1.82) is 0 Å². The quantitative estimate of drug-likeness (QED) is 0.710. The monoisotopic (exact) mass is 402 g/mol. The third-order valence-corrected chi connectivity index (χ3v) is 4.17. The Hall–Kier alpha value is -3.04. The van der Waals surface area contributed by atoms with Gasteiger partial charge in [-0.3, -0.25) is 9.59 Å². The highest BCUT2D eigenvalue weighted by Crippen LogP contribution is 2.38. The number of hydrogen-bond donors (Lipinski definition) is 2. The molecule has 2 N–H and O–H groups in total. The molecule has 0 saturated heterocycles. The minimum atomic E-state index is -5.03. The van der Waals surface area contributed by atoms with Crippen molar-refractivity contribution in [3.05, 3.63) is 59.2 Å². The standard InChI is InChI=1S/C18H12F6N2O2/c19-17(20,21)9-5-10(18(22,23)24)7-11(6-9)25-16(28)13-8-15(27)26-14-4-2-1-3-12(13)14/h1-7,13H,8H2,(H,25,28)(H,26,27)/t13-/m1/s1. The average Bonchev–Trinajstić information content (AvgIpc) is 2.59. The van der Waals surface area contributed by atoms with Gasteiger partial charge in [-0.1, -0.05) is 18.2 Å². The zero-order valence-electron chi connectivity index (χ0n) is 13.9. The van der Waals surface area contributed by atoms with Crippen LogP contribution in [0.15, 0.2) is 42.5 Å². The Morgan fingerprint density at radius 3 is 2.11 bits per heavy atom. The number of amides is 2. The van der Waals surface area contributed by atoms with E-state index in [-0.39, 0.29) is 12.5 Å². The van der Waals surface area contributed by atoms with Crippen molar-refractivity contribution in [3.8, 4) is 0 Å². The number of rotatable bonds is 2. The first-order valence-electron chi connectivity index (χ1n) is 7.94. The lowest BCUT2D eigenvalue weighted by Gasteiger charge is -2.25. The summed E-state index contributed by atoms with van der Waals surface area (Å²) in [6.45, 7) is 0. The third kappa shape index (κ3) is 4.10.